The van der Waals surface area contributed by atoms with Gasteiger partial charge in [0.05, 0.1) is 5.56 Å². The summed E-state index contributed by atoms with van der Waals surface area (Å²) in [6.07, 6.45) is 5.32. The van der Waals surface area contributed by atoms with Gasteiger partial charge in [0.1, 0.15) is 5.75 Å². The maximum Gasteiger partial charge on any atom is 0.338 e. The summed E-state index contributed by atoms with van der Waals surface area (Å²) in [7, 11) is 0. The van der Waals surface area contributed by atoms with Crippen molar-refractivity contribution in [3.8, 4) is 5.75 Å². The number of rotatable bonds is 5. The highest BCUT2D eigenvalue weighted by Gasteiger charge is 2.27. The molecule has 1 N–H and O–H groups in total. The first-order valence-corrected chi connectivity index (χ1v) is 8.98. The van der Waals surface area contributed by atoms with Crippen LogP contribution in [0.1, 0.15) is 42.5 Å². The molecule has 0 aliphatic heterocycles. The van der Waals surface area contributed by atoms with E-state index in [4.69, 9.17) is 4.74 Å². The predicted octanol–water partition coefficient (Wildman–Crippen LogP) is 3.91. The number of carbonyl (C=O) groups excluding carboxylic acids is 2. The summed E-state index contributed by atoms with van der Waals surface area (Å²) >= 11 is 0. The van der Waals surface area contributed by atoms with E-state index in [1.807, 2.05) is 30.3 Å². The van der Waals surface area contributed by atoms with E-state index in [2.05, 4.69) is 0 Å². The van der Waals surface area contributed by atoms with E-state index >= 15 is 0 Å². The highest BCUT2D eigenvalue weighted by atomic mass is 16.5. The third-order valence-corrected chi connectivity index (χ3v) is 4.65. The number of phenols is 1. The predicted molar refractivity (Wildman–Crippen MR) is 99.2 cm³/mol. The Kier molecular flexibility index (Phi) is 5.89. The first-order valence-electron chi connectivity index (χ1n) is 8.98. The second-order valence-electron chi connectivity index (χ2n) is 6.52. The van der Waals surface area contributed by atoms with Crippen molar-refractivity contribution in [2.45, 2.75) is 38.1 Å². The molecule has 0 atom stereocenters. The number of hydrogen-bond donors (Lipinski definition) is 1. The van der Waals surface area contributed by atoms with Gasteiger partial charge in [0.15, 0.2) is 6.61 Å². The third kappa shape index (κ3) is 4.42. The van der Waals surface area contributed by atoms with E-state index in [-0.39, 0.29) is 29.9 Å². The van der Waals surface area contributed by atoms with Crippen molar-refractivity contribution in [2.75, 3.05) is 11.5 Å². The number of ether oxygens (including phenoxy) is 1. The molecular formula is C21H23NO4. The smallest absolute Gasteiger partial charge is 0.338 e. The van der Waals surface area contributed by atoms with Crippen molar-refractivity contribution in [2.24, 2.45) is 0 Å². The lowest BCUT2D eigenvalue weighted by Gasteiger charge is -2.34. The number of phenolic OH excluding ortho intramolecular Hbond substituents is 1. The number of hydrogen-bond acceptors (Lipinski definition) is 4. The lowest BCUT2D eigenvalue weighted by Crippen LogP contribution is -2.43. The van der Waals surface area contributed by atoms with Gasteiger partial charge in [0.25, 0.3) is 5.91 Å². The fourth-order valence-electron chi connectivity index (χ4n) is 3.40. The van der Waals surface area contributed by atoms with Crippen LogP contribution in [-0.4, -0.2) is 29.6 Å². The van der Waals surface area contributed by atoms with Crippen LogP contribution in [0.25, 0.3) is 0 Å². The molecule has 0 radical (unpaired) electrons. The first-order chi connectivity index (χ1) is 12.6. The van der Waals surface area contributed by atoms with Crippen LogP contribution in [0.15, 0.2) is 54.6 Å². The molecule has 1 fully saturated rings. The molecule has 1 aliphatic rings. The van der Waals surface area contributed by atoms with Crippen LogP contribution < -0.4 is 4.90 Å². The van der Waals surface area contributed by atoms with Crippen molar-refractivity contribution in [3.63, 3.8) is 0 Å². The Hall–Kier alpha value is -2.82. The molecule has 0 bridgehead atoms. The van der Waals surface area contributed by atoms with Gasteiger partial charge in [-0.2, -0.15) is 0 Å². The molecule has 1 aliphatic carbocycles. The van der Waals surface area contributed by atoms with Gasteiger partial charge in [-0.05, 0) is 43.2 Å². The van der Waals surface area contributed by atoms with Gasteiger partial charge in [-0.25, -0.2) is 4.79 Å². The molecule has 3 rings (SSSR count). The van der Waals surface area contributed by atoms with Crippen molar-refractivity contribution in [1.82, 2.24) is 0 Å². The Morgan fingerprint density at radius 3 is 2.42 bits per heavy atom. The molecule has 5 nitrogen and oxygen atoms in total. The summed E-state index contributed by atoms with van der Waals surface area (Å²) in [4.78, 5) is 26.8. The van der Waals surface area contributed by atoms with Crippen LogP contribution in [0.4, 0.5) is 5.69 Å². The fraction of sp³-hybridized carbons (Fsp3) is 0.333. The number of anilines is 1. The lowest BCUT2D eigenvalue weighted by atomic mass is 9.93. The van der Waals surface area contributed by atoms with Crippen molar-refractivity contribution in [3.05, 3.63) is 60.2 Å². The Bertz CT molecular complexity index is 754. The third-order valence-electron chi connectivity index (χ3n) is 4.65. The zero-order chi connectivity index (χ0) is 18.4. The zero-order valence-corrected chi connectivity index (χ0v) is 14.6. The van der Waals surface area contributed by atoms with Crippen molar-refractivity contribution >= 4 is 17.6 Å². The minimum absolute atomic E-state index is 0.0149. The van der Waals surface area contributed by atoms with Gasteiger partial charge in [0.2, 0.25) is 0 Å². The quantitative estimate of drug-likeness (QED) is 0.828. The molecule has 0 spiro atoms. The second kappa shape index (κ2) is 8.52. The van der Waals surface area contributed by atoms with E-state index in [1.165, 1.54) is 18.6 Å². The van der Waals surface area contributed by atoms with E-state index in [0.717, 1.165) is 31.4 Å². The maximum atomic E-state index is 12.8. The van der Waals surface area contributed by atoms with Crippen molar-refractivity contribution < 1.29 is 19.4 Å². The summed E-state index contributed by atoms with van der Waals surface area (Å²) in [6.45, 7) is -0.320. The number of benzene rings is 2. The summed E-state index contributed by atoms with van der Waals surface area (Å²) in [6, 6.07) is 15.6. The van der Waals surface area contributed by atoms with Gasteiger partial charge in [-0.3, -0.25) is 4.79 Å². The molecule has 0 heterocycles. The number of esters is 1. The van der Waals surface area contributed by atoms with Crippen LogP contribution in [-0.2, 0) is 9.53 Å². The molecule has 0 unspecified atom stereocenters. The largest absolute Gasteiger partial charge is 0.508 e. The number of aromatic hydroxyl groups is 1. The van der Waals surface area contributed by atoms with E-state index < -0.39 is 5.97 Å². The van der Waals surface area contributed by atoms with Gasteiger partial charge in [-0.15, -0.1) is 0 Å². The van der Waals surface area contributed by atoms with E-state index in [1.54, 1.807) is 17.0 Å². The number of carbonyl (C=O) groups is 2. The van der Waals surface area contributed by atoms with E-state index in [9.17, 15) is 14.7 Å². The number of nitrogens with zero attached hydrogens (tertiary/aromatic N) is 1. The average molecular weight is 353 g/mol. The van der Waals surface area contributed by atoms with Crippen LogP contribution in [0, 0.1) is 0 Å². The van der Waals surface area contributed by atoms with Crippen LogP contribution >= 0.6 is 0 Å². The lowest BCUT2D eigenvalue weighted by molar-refractivity contribution is -0.122. The molecule has 5 heteroatoms. The second-order valence-corrected chi connectivity index (χ2v) is 6.52. The minimum atomic E-state index is -0.620. The summed E-state index contributed by atoms with van der Waals surface area (Å²) in [5.41, 5.74) is 1.06. The van der Waals surface area contributed by atoms with Crippen LogP contribution in [0.2, 0.25) is 0 Å². The molecule has 1 amide bonds. The number of amides is 1. The first kappa shape index (κ1) is 18.0. The van der Waals surface area contributed by atoms with Gasteiger partial charge >= 0.3 is 5.97 Å². The fourth-order valence-corrected chi connectivity index (χ4v) is 3.40. The Labute approximate surface area is 153 Å². The Balaban J connectivity index is 1.70. The van der Waals surface area contributed by atoms with Crippen molar-refractivity contribution in [1.29, 1.82) is 0 Å². The minimum Gasteiger partial charge on any atom is -0.508 e. The van der Waals surface area contributed by atoms with Crippen LogP contribution in [0.3, 0.4) is 0 Å². The zero-order valence-electron chi connectivity index (χ0n) is 14.6. The molecule has 0 aromatic heterocycles. The molecule has 2 aromatic carbocycles. The van der Waals surface area contributed by atoms with E-state index in [0.29, 0.717) is 0 Å². The normalized spacial score (nSPS) is 14.6. The Morgan fingerprint density at radius 2 is 1.73 bits per heavy atom. The Morgan fingerprint density at radius 1 is 1.00 bits per heavy atom. The van der Waals surface area contributed by atoms with Gasteiger partial charge < -0.3 is 14.7 Å². The van der Waals surface area contributed by atoms with Gasteiger partial charge in [-0.1, -0.05) is 43.5 Å². The van der Waals surface area contributed by atoms with Gasteiger partial charge in [0, 0.05) is 11.7 Å². The molecule has 1 saturated carbocycles. The molecular weight excluding hydrogens is 330 g/mol. The summed E-state index contributed by atoms with van der Waals surface area (Å²) in [5, 5.41) is 9.46. The molecule has 136 valence electrons. The SMILES string of the molecule is O=C(OCC(=O)N(c1ccccc1)C1CCCCC1)c1cccc(O)c1. The molecule has 2 aromatic rings. The monoisotopic (exact) mass is 353 g/mol. The van der Waals surface area contributed by atoms with Crippen LogP contribution in [0.5, 0.6) is 5.75 Å². The molecule has 26 heavy (non-hydrogen) atoms. The highest BCUT2D eigenvalue weighted by Crippen LogP contribution is 2.27. The standard InChI is InChI=1S/C21H23NO4/c23-19-13-7-8-16(14-19)21(25)26-15-20(24)22(17-9-3-1-4-10-17)18-11-5-2-6-12-18/h1,3-4,7-10,13-14,18,23H,2,5-6,11-12,15H2. The highest BCUT2D eigenvalue weighted by molar-refractivity contribution is 5.97. The topological polar surface area (TPSA) is 66.8 Å². The summed E-state index contributed by atoms with van der Waals surface area (Å²) < 4.78 is 5.20. The summed E-state index contributed by atoms with van der Waals surface area (Å²) in [5.74, 6) is -0.860. The maximum absolute atomic E-state index is 12.8. The average Bonchev–Trinajstić information content (AvgIpc) is 2.68. The molecule has 0 saturated heterocycles. The number of para-hydroxylation sites is 1.